The molecular weight excluding hydrogens is 242 g/mol. The highest BCUT2D eigenvalue weighted by Gasteiger charge is 2.20. The monoisotopic (exact) mass is 267 g/mol. The highest BCUT2D eigenvalue weighted by Crippen LogP contribution is 2.30. The van der Waals surface area contributed by atoms with E-state index >= 15 is 0 Å². The fourth-order valence-corrected chi connectivity index (χ4v) is 2.05. The molecule has 0 aliphatic rings. The van der Waals surface area contributed by atoms with E-state index in [0.717, 1.165) is 22.4 Å². The molecule has 1 atom stereocenters. The Morgan fingerprint density at radius 3 is 2.47 bits per heavy atom. The third-order valence-corrected chi connectivity index (χ3v) is 3.18. The van der Waals surface area contributed by atoms with Crippen LogP contribution in [0.5, 0.6) is 5.75 Å². The lowest BCUT2D eigenvalue weighted by molar-refractivity contribution is 0.134. The molecule has 0 aliphatic heterocycles. The summed E-state index contributed by atoms with van der Waals surface area (Å²) in [5.74, 6) is 0.724. The number of nitrogens with one attached hydrogen (secondary N) is 1. The molecule has 0 fully saturated rings. The van der Waals surface area contributed by atoms with Gasteiger partial charge in [0, 0.05) is 17.6 Å². The molecule has 0 bridgehead atoms. The largest absolute Gasteiger partial charge is 0.496 e. The van der Waals surface area contributed by atoms with Gasteiger partial charge < -0.3 is 20.3 Å². The molecular formula is C15H25NO3. The molecule has 1 aromatic carbocycles. The van der Waals surface area contributed by atoms with Crippen LogP contribution in [-0.2, 0) is 0 Å². The fourth-order valence-electron chi connectivity index (χ4n) is 2.05. The Labute approximate surface area is 115 Å². The summed E-state index contributed by atoms with van der Waals surface area (Å²) < 4.78 is 5.37. The van der Waals surface area contributed by atoms with Crippen molar-refractivity contribution in [2.24, 2.45) is 0 Å². The van der Waals surface area contributed by atoms with Gasteiger partial charge in [-0.05, 0) is 39.3 Å². The molecule has 3 N–H and O–H groups in total. The minimum Gasteiger partial charge on any atom is -0.496 e. The SMILES string of the molecule is COc1c(C)cc(C)cc1C(O)CNC(C)(C)CO. The number of hydrogen-bond donors (Lipinski definition) is 3. The summed E-state index contributed by atoms with van der Waals surface area (Å²) >= 11 is 0. The van der Waals surface area contributed by atoms with Gasteiger partial charge in [-0.1, -0.05) is 11.6 Å². The number of aliphatic hydroxyl groups is 2. The number of methoxy groups -OCH3 is 1. The van der Waals surface area contributed by atoms with Crippen LogP contribution in [0, 0.1) is 13.8 Å². The zero-order valence-electron chi connectivity index (χ0n) is 12.4. The Morgan fingerprint density at radius 2 is 1.95 bits per heavy atom. The number of β-amino-alcohol motifs (C(OH)–C–C–N with tert-alkyl or cyclic N) is 1. The predicted octanol–water partition coefficient (Wildman–Crippen LogP) is 1.71. The Hall–Kier alpha value is -1.10. The van der Waals surface area contributed by atoms with Crippen molar-refractivity contribution in [3.63, 3.8) is 0 Å². The molecule has 19 heavy (non-hydrogen) atoms. The van der Waals surface area contributed by atoms with E-state index in [4.69, 9.17) is 4.74 Å². The van der Waals surface area contributed by atoms with Crippen molar-refractivity contribution in [2.45, 2.75) is 39.3 Å². The van der Waals surface area contributed by atoms with Crippen molar-refractivity contribution >= 4 is 0 Å². The number of aryl methyl sites for hydroxylation is 2. The van der Waals surface area contributed by atoms with Gasteiger partial charge in [-0.25, -0.2) is 0 Å². The van der Waals surface area contributed by atoms with E-state index < -0.39 is 11.6 Å². The van der Waals surface area contributed by atoms with Crippen LogP contribution in [0.3, 0.4) is 0 Å². The number of ether oxygens (including phenoxy) is 1. The first-order valence-electron chi connectivity index (χ1n) is 6.50. The number of hydrogen-bond acceptors (Lipinski definition) is 4. The van der Waals surface area contributed by atoms with Crippen molar-refractivity contribution < 1.29 is 14.9 Å². The Morgan fingerprint density at radius 1 is 1.32 bits per heavy atom. The van der Waals surface area contributed by atoms with Gasteiger partial charge in [-0.15, -0.1) is 0 Å². The second kappa shape index (κ2) is 6.37. The third kappa shape index (κ3) is 4.20. The minimum atomic E-state index is -0.667. The molecule has 0 saturated carbocycles. The number of aliphatic hydroxyl groups excluding tert-OH is 2. The van der Waals surface area contributed by atoms with Gasteiger partial charge in [-0.3, -0.25) is 0 Å². The highest BCUT2D eigenvalue weighted by molar-refractivity contribution is 5.45. The molecule has 1 unspecified atom stereocenters. The lowest BCUT2D eigenvalue weighted by Gasteiger charge is -2.26. The molecule has 108 valence electrons. The van der Waals surface area contributed by atoms with Crippen molar-refractivity contribution in [3.8, 4) is 5.75 Å². The summed E-state index contributed by atoms with van der Waals surface area (Å²) in [7, 11) is 1.61. The summed E-state index contributed by atoms with van der Waals surface area (Å²) in [5.41, 5.74) is 2.47. The average Bonchev–Trinajstić information content (AvgIpc) is 2.35. The molecule has 0 heterocycles. The van der Waals surface area contributed by atoms with Crippen LogP contribution in [0.15, 0.2) is 12.1 Å². The molecule has 1 aromatic rings. The quantitative estimate of drug-likeness (QED) is 0.734. The summed E-state index contributed by atoms with van der Waals surface area (Å²) in [4.78, 5) is 0. The molecule has 1 rings (SSSR count). The van der Waals surface area contributed by atoms with Crippen molar-refractivity contribution in [2.75, 3.05) is 20.3 Å². The lowest BCUT2D eigenvalue weighted by atomic mass is 10.00. The van der Waals surface area contributed by atoms with Gasteiger partial charge in [0.25, 0.3) is 0 Å². The maximum absolute atomic E-state index is 10.3. The van der Waals surface area contributed by atoms with Gasteiger partial charge in [0.2, 0.25) is 0 Å². The minimum absolute atomic E-state index is 0.0176. The molecule has 0 amide bonds. The van der Waals surface area contributed by atoms with Crippen LogP contribution in [0.1, 0.15) is 36.6 Å². The fraction of sp³-hybridized carbons (Fsp3) is 0.600. The first kappa shape index (κ1) is 16.0. The number of benzene rings is 1. The van der Waals surface area contributed by atoms with E-state index in [1.807, 2.05) is 39.8 Å². The van der Waals surface area contributed by atoms with Crippen LogP contribution in [-0.4, -0.2) is 36.0 Å². The molecule has 4 heteroatoms. The van der Waals surface area contributed by atoms with Crippen molar-refractivity contribution in [3.05, 3.63) is 28.8 Å². The van der Waals surface area contributed by atoms with Crippen LogP contribution >= 0.6 is 0 Å². The highest BCUT2D eigenvalue weighted by atomic mass is 16.5. The van der Waals surface area contributed by atoms with Gasteiger partial charge in [0.05, 0.1) is 19.8 Å². The van der Waals surface area contributed by atoms with Gasteiger partial charge in [-0.2, -0.15) is 0 Å². The summed E-state index contributed by atoms with van der Waals surface area (Å²) in [5, 5.41) is 22.7. The molecule has 0 spiro atoms. The van der Waals surface area contributed by atoms with Gasteiger partial charge in [0.15, 0.2) is 0 Å². The van der Waals surface area contributed by atoms with E-state index in [2.05, 4.69) is 5.32 Å². The summed E-state index contributed by atoms with van der Waals surface area (Å²) in [6.45, 7) is 8.12. The maximum atomic E-state index is 10.3. The van der Waals surface area contributed by atoms with Crippen molar-refractivity contribution in [1.82, 2.24) is 5.32 Å². The molecule has 0 saturated heterocycles. The second-order valence-electron chi connectivity index (χ2n) is 5.64. The predicted molar refractivity (Wildman–Crippen MR) is 76.6 cm³/mol. The van der Waals surface area contributed by atoms with Crippen LogP contribution in [0.4, 0.5) is 0 Å². The lowest BCUT2D eigenvalue weighted by Crippen LogP contribution is -2.44. The maximum Gasteiger partial charge on any atom is 0.127 e. The smallest absolute Gasteiger partial charge is 0.127 e. The molecule has 0 aliphatic carbocycles. The number of rotatable bonds is 6. The zero-order chi connectivity index (χ0) is 14.6. The van der Waals surface area contributed by atoms with Gasteiger partial charge in [0.1, 0.15) is 5.75 Å². The van der Waals surface area contributed by atoms with E-state index in [1.165, 1.54) is 0 Å². The Balaban J connectivity index is 2.90. The van der Waals surface area contributed by atoms with Crippen LogP contribution < -0.4 is 10.1 Å². The Bertz CT molecular complexity index is 430. The third-order valence-electron chi connectivity index (χ3n) is 3.18. The topological polar surface area (TPSA) is 61.7 Å². The van der Waals surface area contributed by atoms with E-state index in [0.29, 0.717) is 6.54 Å². The first-order valence-corrected chi connectivity index (χ1v) is 6.50. The molecule has 4 nitrogen and oxygen atoms in total. The Kier molecular flexibility index (Phi) is 5.35. The second-order valence-corrected chi connectivity index (χ2v) is 5.64. The summed E-state index contributed by atoms with van der Waals surface area (Å²) in [6, 6.07) is 3.96. The van der Waals surface area contributed by atoms with Crippen LogP contribution in [0.2, 0.25) is 0 Å². The van der Waals surface area contributed by atoms with E-state index in [-0.39, 0.29) is 6.61 Å². The standard InChI is InChI=1S/C15H25NO3/c1-10-6-11(2)14(19-5)12(7-10)13(18)8-16-15(3,4)9-17/h6-7,13,16-18H,8-9H2,1-5H3. The van der Waals surface area contributed by atoms with Crippen molar-refractivity contribution in [1.29, 1.82) is 0 Å². The summed E-state index contributed by atoms with van der Waals surface area (Å²) in [6.07, 6.45) is -0.667. The molecule has 0 radical (unpaired) electrons. The van der Waals surface area contributed by atoms with E-state index in [9.17, 15) is 10.2 Å². The van der Waals surface area contributed by atoms with Gasteiger partial charge >= 0.3 is 0 Å². The molecule has 0 aromatic heterocycles. The zero-order valence-corrected chi connectivity index (χ0v) is 12.4. The van der Waals surface area contributed by atoms with Crippen LogP contribution in [0.25, 0.3) is 0 Å². The first-order chi connectivity index (χ1) is 8.80. The van der Waals surface area contributed by atoms with E-state index in [1.54, 1.807) is 7.11 Å². The average molecular weight is 267 g/mol. The normalized spacial score (nSPS) is 13.4.